The lowest BCUT2D eigenvalue weighted by Gasteiger charge is -2.36. The summed E-state index contributed by atoms with van der Waals surface area (Å²) in [6, 6.07) is 4.50. The number of carboxylic acids is 1. The fourth-order valence-electron chi connectivity index (χ4n) is 4.21. The van der Waals surface area contributed by atoms with Crippen LogP contribution in [0.1, 0.15) is 42.1 Å². The van der Waals surface area contributed by atoms with E-state index in [1.165, 1.54) is 0 Å². The van der Waals surface area contributed by atoms with Crippen LogP contribution in [0, 0.1) is 0 Å². The zero-order chi connectivity index (χ0) is 19.1. The van der Waals surface area contributed by atoms with Gasteiger partial charge < -0.3 is 14.8 Å². The highest BCUT2D eigenvalue weighted by Crippen LogP contribution is 2.60. The Morgan fingerprint density at radius 1 is 1.33 bits per heavy atom. The number of carboxylic acid groups (broad SMARTS) is 1. The Kier molecular flexibility index (Phi) is 5.42. The molecule has 2 heterocycles. The van der Waals surface area contributed by atoms with Crippen LogP contribution in [0.15, 0.2) is 17.0 Å². The van der Waals surface area contributed by atoms with Gasteiger partial charge in [-0.25, -0.2) is 4.79 Å². The molecule has 2 N–H and O–H groups in total. The van der Waals surface area contributed by atoms with Gasteiger partial charge in [0.15, 0.2) is 0 Å². The van der Waals surface area contributed by atoms with E-state index in [0.717, 1.165) is 55.4 Å². The number of thioether (sulfide) groups is 1. The van der Waals surface area contributed by atoms with Crippen molar-refractivity contribution in [2.24, 2.45) is 0 Å². The fraction of sp³-hybridized carbons (Fsp3) is 0.632. The van der Waals surface area contributed by atoms with Crippen LogP contribution >= 0.6 is 11.8 Å². The van der Waals surface area contributed by atoms with Crippen LogP contribution in [0.25, 0.3) is 0 Å². The van der Waals surface area contributed by atoms with Crippen LogP contribution < -0.4 is 4.65 Å². The molecule has 8 heteroatoms. The summed E-state index contributed by atoms with van der Waals surface area (Å²) in [5.74, 6) is 0.617. The van der Waals surface area contributed by atoms with Gasteiger partial charge in [-0.15, -0.1) is 11.8 Å². The van der Waals surface area contributed by atoms with Crippen molar-refractivity contribution >= 4 is 24.8 Å². The second-order valence-electron chi connectivity index (χ2n) is 8.00. The lowest BCUT2D eigenvalue weighted by Crippen LogP contribution is -2.49. The molecule has 0 radical (unpaired) electrons. The standard InChI is InChI=1S/C19H27BN2O4S/c1-12(2)22-7-5-21(6-8-22)9-10-27-16-4-3-13-14-11-15(14)20(25)26-18(13)17(16)19(23)24/h3-4,12,14-15,25H,5-11H2,1-2H3,(H,23,24). The number of rotatable bonds is 6. The van der Waals surface area contributed by atoms with E-state index in [4.69, 9.17) is 4.65 Å². The van der Waals surface area contributed by atoms with Crippen LogP contribution in [0.3, 0.4) is 0 Å². The number of hydrogen-bond donors (Lipinski definition) is 2. The van der Waals surface area contributed by atoms with Crippen LogP contribution in [-0.4, -0.2) is 77.5 Å². The summed E-state index contributed by atoms with van der Waals surface area (Å²) in [4.78, 5) is 17.6. The zero-order valence-corrected chi connectivity index (χ0v) is 16.7. The van der Waals surface area contributed by atoms with E-state index in [2.05, 4.69) is 23.6 Å². The molecule has 0 spiro atoms. The molecule has 0 aromatic heterocycles. The van der Waals surface area contributed by atoms with Gasteiger partial charge in [0.2, 0.25) is 0 Å². The van der Waals surface area contributed by atoms with Crippen molar-refractivity contribution in [2.75, 3.05) is 38.5 Å². The van der Waals surface area contributed by atoms with Gasteiger partial charge in [-0.1, -0.05) is 6.07 Å². The third-order valence-electron chi connectivity index (χ3n) is 6.01. The molecular weight excluding hydrogens is 363 g/mol. The highest BCUT2D eigenvalue weighted by atomic mass is 32.2. The molecule has 1 aliphatic carbocycles. The molecule has 2 atom stereocenters. The predicted molar refractivity (Wildman–Crippen MR) is 107 cm³/mol. The first-order valence-electron chi connectivity index (χ1n) is 9.80. The van der Waals surface area contributed by atoms with E-state index in [1.54, 1.807) is 11.8 Å². The maximum atomic E-state index is 11.9. The quantitative estimate of drug-likeness (QED) is 0.570. The largest absolute Gasteiger partial charge is 0.535 e. The molecule has 0 amide bonds. The molecule has 146 valence electrons. The Balaban J connectivity index is 1.40. The molecule has 2 fully saturated rings. The first-order chi connectivity index (χ1) is 13.0. The third kappa shape index (κ3) is 3.85. The van der Waals surface area contributed by atoms with Gasteiger partial charge >= 0.3 is 13.1 Å². The van der Waals surface area contributed by atoms with E-state index in [1.807, 2.05) is 12.1 Å². The van der Waals surface area contributed by atoms with Crippen molar-refractivity contribution < 1.29 is 19.6 Å². The highest BCUT2D eigenvalue weighted by Gasteiger charge is 2.54. The molecule has 1 aromatic rings. The highest BCUT2D eigenvalue weighted by molar-refractivity contribution is 7.99. The summed E-state index contributed by atoms with van der Waals surface area (Å²) in [5, 5.41) is 19.8. The lowest BCUT2D eigenvalue weighted by molar-refractivity contribution is 0.0690. The molecule has 2 aliphatic heterocycles. The topological polar surface area (TPSA) is 73.2 Å². The van der Waals surface area contributed by atoms with Gasteiger partial charge in [0.25, 0.3) is 0 Å². The number of fused-ring (bicyclic) bond motifs is 3. The number of aromatic carboxylic acids is 1. The molecule has 2 unspecified atom stereocenters. The van der Waals surface area contributed by atoms with E-state index >= 15 is 0 Å². The first-order valence-corrected chi connectivity index (χ1v) is 10.8. The minimum atomic E-state index is -0.980. The maximum Gasteiger partial charge on any atom is 0.526 e. The fourth-order valence-corrected chi connectivity index (χ4v) is 5.26. The number of hydrogen-bond acceptors (Lipinski definition) is 6. The van der Waals surface area contributed by atoms with Gasteiger partial charge in [0, 0.05) is 55.2 Å². The van der Waals surface area contributed by atoms with Crippen LogP contribution in [0.4, 0.5) is 0 Å². The molecular formula is C19H27BN2O4S. The van der Waals surface area contributed by atoms with Crippen molar-refractivity contribution in [3.63, 3.8) is 0 Å². The normalized spacial score (nSPS) is 25.1. The summed E-state index contributed by atoms with van der Waals surface area (Å²) in [7, 11) is -0.877. The summed E-state index contributed by atoms with van der Waals surface area (Å²) < 4.78 is 5.59. The van der Waals surface area contributed by atoms with Gasteiger partial charge in [-0.05, 0) is 37.8 Å². The maximum absolute atomic E-state index is 11.9. The van der Waals surface area contributed by atoms with E-state index in [9.17, 15) is 14.9 Å². The number of piperazine rings is 1. The minimum Gasteiger partial charge on any atom is -0.535 e. The summed E-state index contributed by atoms with van der Waals surface area (Å²) >= 11 is 1.57. The van der Waals surface area contributed by atoms with Gasteiger partial charge in [-0.2, -0.15) is 0 Å². The second kappa shape index (κ2) is 7.66. The SMILES string of the molecule is CC(C)N1CCN(CCSc2ccc3c(c2C(=O)O)OB(O)C2CC32)CC1. The second-order valence-corrected chi connectivity index (χ2v) is 9.13. The Morgan fingerprint density at radius 3 is 2.74 bits per heavy atom. The number of carbonyl (C=O) groups is 1. The predicted octanol–water partition coefficient (Wildman–Crippen LogP) is 2.23. The Morgan fingerprint density at radius 2 is 2.07 bits per heavy atom. The van der Waals surface area contributed by atoms with E-state index < -0.39 is 13.1 Å². The monoisotopic (exact) mass is 390 g/mol. The summed E-state index contributed by atoms with van der Waals surface area (Å²) in [6.07, 6.45) is 0.877. The van der Waals surface area contributed by atoms with Crippen molar-refractivity contribution in [1.82, 2.24) is 9.80 Å². The number of benzene rings is 1. The van der Waals surface area contributed by atoms with Crippen molar-refractivity contribution in [2.45, 2.75) is 42.9 Å². The lowest BCUT2D eigenvalue weighted by atomic mass is 9.77. The summed E-state index contributed by atoms with van der Waals surface area (Å²) in [5.41, 5.74) is 1.16. The molecule has 1 saturated carbocycles. The Bertz CT molecular complexity index is 724. The van der Waals surface area contributed by atoms with Crippen molar-refractivity contribution in [1.29, 1.82) is 0 Å². The molecule has 27 heavy (non-hydrogen) atoms. The van der Waals surface area contributed by atoms with Crippen molar-refractivity contribution in [3.8, 4) is 5.75 Å². The average Bonchev–Trinajstić information content (AvgIpc) is 3.43. The van der Waals surface area contributed by atoms with E-state index in [-0.39, 0.29) is 17.3 Å². The smallest absolute Gasteiger partial charge is 0.526 e. The summed E-state index contributed by atoms with van der Waals surface area (Å²) in [6.45, 7) is 9.72. The van der Waals surface area contributed by atoms with Crippen LogP contribution in [-0.2, 0) is 0 Å². The van der Waals surface area contributed by atoms with Gasteiger partial charge in [-0.3, -0.25) is 9.80 Å². The molecule has 1 saturated heterocycles. The van der Waals surface area contributed by atoms with Gasteiger partial charge in [0.1, 0.15) is 11.3 Å². The Labute approximate surface area is 165 Å². The molecule has 0 bridgehead atoms. The number of nitrogens with zero attached hydrogens (tertiary/aromatic N) is 2. The third-order valence-corrected chi connectivity index (χ3v) is 7.05. The molecule has 6 nitrogen and oxygen atoms in total. The van der Waals surface area contributed by atoms with Crippen LogP contribution in [0.5, 0.6) is 5.75 Å². The molecule has 1 aromatic carbocycles. The molecule has 3 aliphatic rings. The average molecular weight is 390 g/mol. The van der Waals surface area contributed by atoms with E-state index in [0.29, 0.717) is 11.8 Å². The Hall–Kier alpha value is -1.22. The molecule has 4 rings (SSSR count). The first kappa shape index (κ1) is 19.1. The van der Waals surface area contributed by atoms with Crippen molar-refractivity contribution in [3.05, 3.63) is 23.3 Å². The minimum absolute atomic E-state index is 0.127. The van der Waals surface area contributed by atoms with Crippen LogP contribution in [0.2, 0.25) is 5.82 Å². The van der Waals surface area contributed by atoms with Gasteiger partial charge in [0.05, 0.1) is 0 Å². The zero-order valence-electron chi connectivity index (χ0n) is 15.9.